The molecule has 3 aromatic rings. The lowest BCUT2D eigenvalue weighted by Gasteiger charge is -2.28. The highest BCUT2D eigenvalue weighted by Crippen LogP contribution is 2.19. The van der Waals surface area contributed by atoms with Gasteiger partial charge in [0.05, 0.1) is 23.8 Å². The molecule has 1 heterocycles. The number of hydrogen-bond donors (Lipinski definition) is 2. The van der Waals surface area contributed by atoms with E-state index >= 15 is 0 Å². The lowest BCUT2D eigenvalue weighted by molar-refractivity contribution is -0.139. The van der Waals surface area contributed by atoms with Crippen molar-refractivity contribution in [1.29, 1.82) is 0 Å². The van der Waals surface area contributed by atoms with Crippen molar-refractivity contribution < 1.29 is 23.2 Å². The molecule has 0 bridgehead atoms. The Morgan fingerprint density at radius 1 is 1.21 bits per heavy atom. The van der Waals surface area contributed by atoms with Gasteiger partial charge in [0.15, 0.2) is 5.69 Å². The Bertz CT molecular complexity index is 1220. The van der Waals surface area contributed by atoms with Crippen molar-refractivity contribution in [3.05, 3.63) is 64.6 Å². The van der Waals surface area contributed by atoms with Crippen molar-refractivity contribution in [3.63, 3.8) is 0 Å². The van der Waals surface area contributed by atoms with Gasteiger partial charge in [-0.15, -0.1) is 0 Å². The van der Waals surface area contributed by atoms with Gasteiger partial charge in [-0.05, 0) is 25.5 Å². The quantitative estimate of drug-likeness (QED) is 0.454. The second kappa shape index (κ2) is 11.1. The number of carbonyl (C=O) groups excluding carboxylic acids is 3. The smallest absolute Gasteiger partial charge is 0.269 e. The second-order valence-electron chi connectivity index (χ2n) is 7.73. The molecular formula is C23H24ClF2N5O3. The first-order valence-electron chi connectivity index (χ1n) is 10.5. The predicted molar refractivity (Wildman–Crippen MR) is 123 cm³/mol. The number of carbonyl (C=O) groups is 3. The van der Waals surface area contributed by atoms with E-state index in [1.165, 1.54) is 21.7 Å². The molecule has 1 atom stereocenters. The average Bonchev–Trinajstić information content (AvgIpc) is 3.17. The molecule has 0 saturated heterocycles. The van der Waals surface area contributed by atoms with Gasteiger partial charge < -0.3 is 16.0 Å². The fraction of sp³-hybridized carbons (Fsp3) is 0.304. The van der Waals surface area contributed by atoms with Gasteiger partial charge in [-0.2, -0.15) is 5.10 Å². The van der Waals surface area contributed by atoms with Crippen molar-refractivity contribution in [3.8, 4) is 0 Å². The Morgan fingerprint density at radius 3 is 2.65 bits per heavy atom. The van der Waals surface area contributed by atoms with E-state index in [2.05, 4.69) is 10.4 Å². The molecule has 0 saturated carbocycles. The van der Waals surface area contributed by atoms with E-state index < -0.39 is 36.3 Å². The van der Waals surface area contributed by atoms with Crippen LogP contribution in [0.2, 0.25) is 5.02 Å². The summed E-state index contributed by atoms with van der Waals surface area (Å²) >= 11 is 5.76. The minimum atomic E-state index is -0.738. The van der Waals surface area contributed by atoms with Gasteiger partial charge in [0.1, 0.15) is 12.4 Å². The van der Waals surface area contributed by atoms with E-state index in [1.54, 1.807) is 37.3 Å². The van der Waals surface area contributed by atoms with Crippen molar-refractivity contribution in [1.82, 2.24) is 20.0 Å². The lowest BCUT2D eigenvalue weighted by Crippen LogP contribution is -2.46. The Morgan fingerprint density at radius 2 is 1.94 bits per heavy atom. The minimum Gasteiger partial charge on any atom is -0.364 e. The van der Waals surface area contributed by atoms with Gasteiger partial charge in [0.25, 0.3) is 5.91 Å². The average molecular weight is 492 g/mol. The SMILES string of the molecule is CC(CCF)N(CC(=O)NCc1cccc(Cl)c1F)C(=O)Cn1nc(C(N)=O)c2ccccc21. The van der Waals surface area contributed by atoms with Crippen LogP contribution in [0.5, 0.6) is 0 Å². The molecule has 180 valence electrons. The van der Waals surface area contributed by atoms with Gasteiger partial charge in [0.2, 0.25) is 11.8 Å². The zero-order valence-corrected chi connectivity index (χ0v) is 19.2. The van der Waals surface area contributed by atoms with Crippen LogP contribution in [0, 0.1) is 5.82 Å². The van der Waals surface area contributed by atoms with Crippen LogP contribution in [0.15, 0.2) is 42.5 Å². The summed E-state index contributed by atoms with van der Waals surface area (Å²) in [6.07, 6.45) is 0.0222. The molecule has 0 spiro atoms. The number of halogens is 3. The van der Waals surface area contributed by atoms with Crippen molar-refractivity contribution in [2.45, 2.75) is 32.5 Å². The molecule has 0 aliphatic rings. The monoisotopic (exact) mass is 491 g/mol. The molecule has 3 amide bonds. The fourth-order valence-corrected chi connectivity index (χ4v) is 3.74. The van der Waals surface area contributed by atoms with Crippen LogP contribution >= 0.6 is 11.6 Å². The van der Waals surface area contributed by atoms with Gasteiger partial charge in [-0.3, -0.25) is 23.5 Å². The summed E-state index contributed by atoms with van der Waals surface area (Å²) < 4.78 is 28.4. The van der Waals surface area contributed by atoms with Gasteiger partial charge in [-0.25, -0.2) is 4.39 Å². The molecule has 34 heavy (non-hydrogen) atoms. The van der Waals surface area contributed by atoms with Crippen LogP contribution in [0.4, 0.5) is 8.78 Å². The summed E-state index contributed by atoms with van der Waals surface area (Å²) in [4.78, 5) is 38.7. The highest BCUT2D eigenvalue weighted by Gasteiger charge is 2.25. The van der Waals surface area contributed by atoms with Crippen molar-refractivity contribution in [2.75, 3.05) is 13.2 Å². The van der Waals surface area contributed by atoms with E-state index in [-0.39, 0.29) is 42.3 Å². The number of nitrogens with two attached hydrogens (primary N) is 1. The van der Waals surface area contributed by atoms with E-state index in [4.69, 9.17) is 17.3 Å². The Labute approximate surface area is 199 Å². The number of aromatic nitrogens is 2. The maximum Gasteiger partial charge on any atom is 0.269 e. The van der Waals surface area contributed by atoms with Crippen LogP contribution < -0.4 is 11.1 Å². The van der Waals surface area contributed by atoms with Crippen molar-refractivity contribution in [2.24, 2.45) is 5.73 Å². The number of alkyl halides is 1. The first-order valence-corrected chi connectivity index (χ1v) is 10.9. The van der Waals surface area contributed by atoms with Crippen molar-refractivity contribution >= 4 is 40.2 Å². The zero-order valence-electron chi connectivity index (χ0n) is 18.4. The summed E-state index contributed by atoms with van der Waals surface area (Å²) in [5.41, 5.74) is 6.13. The molecule has 3 rings (SSSR count). The number of para-hydroxylation sites is 1. The standard InChI is InChI=1S/C23H24ClF2N5O3/c1-14(9-10-25)30(12-19(32)28-11-15-5-4-7-17(24)21(15)26)20(33)13-31-18-8-3-2-6-16(18)22(29-31)23(27)34/h2-8,14H,9-13H2,1H3,(H2,27,34)(H,28,32). The number of fused-ring (bicyclic) bond motifs is 1. The maximum atomic E-state index is 14.1. The third-order valence-electron chi connectivity index (χ3n) is 5.38. The summed E-state index contributed by atoms with van der Waals surface area (Å²) in [6, 6.07) is 10.6. The Kier molecular flexibility index (Phi) is 8.17. The van der Waals surface area contributed by atoms with Gasteiger partial charge in [-0.1, -0.05) is 41.9 Å². The Balaban J connectivity index is 1.76. The van der Waals surface area contributed by atoms with Crippen LogP contribution in [-0.4, -0.2) is 51.7 Å². The molecular weight excluding hydrogens is 468 g/mol. The third kappa shape index (κ3) is 5.69. The summed E-state index contributed by atoms with van der Waals surface area (Å²) in [7, 11) is 0. The van der Waals surface area contributed by atoms with Gasteiger partial charge >= 0.3 is 0 Å². The number of primary amides is 1. The number of benzene rings is 2. The van der Waals surface area contributed by atoms with E-state index in [0.717, 1.165) is 0 Å². The van der Waals surface area contributed by atoms with E-state index in [1.807, 2.05) is 0 Å². The van der Waals surface area contributed by atoms with Crippen LogP contribution in [0.3, 0.4) is 0 Å². The van der Waals surface area contributed by atoms with E-state index in [0.29, 0.717) is 10.9 Å². The number of nitrogens with zero attached hydrogens (tertiary/aromatic N) is 3. The fourth-order valence-electron chi connectivity index (χ4n) is 3.54. The molecule has 0 fully saturated rings. The molecule has 8 nitrogen and oxygen atoms in total. The highest BCUT2D eigenvalue weighted by atomic mass is 35.5. The molecule has 0 aliphatic heterocycles. The van der Waals surface area contributed by atoms with Crippen LogP contribution in [0.25, 0.3) is 10.9 Å². The maximum absolute atomic E-state index is 14.1. The third-order valence-corrected chi connectivity index (χ3v) is 5.67. The first-order chi connectivity index (χ1) is 16.2. The number of amides is 3. The Hall–Kier alpha value is -3.53. The number of hydrogen-bond acceptors (Lipinski definition) is 4. The molecule has 0 radical (unpaired) electrons. The normalized spacial score (nSPS) is 11.9. The molecule has 2 aromatic carbocycles. The number of nitrogens with one attached hydrogen (secondary N) is 1. The van der Waals surface area contributed by atoms with Crippen LogP contribution in [0.1, 0.15) is 29.4 Å². The predicted octanol–water partition coefficient (Wildman–Crippen LogP) is 2.82. The van der Waals surface area contributed by atoms with Crippen LogP contribution in [-0.2, 0) is 22.7 Å². The van der Waals surface area contributed by atoms with E-state index in [9.17, 15) is 23.2 Å². The first kappa shape index (κ1) is 25.1. The molecule has 11 heteroatoms. The minimum absolute atomic E-state index is 0.0213. The topological polar surface area (TPSA) is 110 Å². The largest absolute Gasteiger partial charge is 0.364 e. The summed E-state index contributed by atoms with van der Waals surface area (Å²) in [5.74, 6) is -2.44. The summed E-state index contributed by atoms with van der Waals surface area (Å²) in [5, 5.41) is 7.13. The number of rotatable bonds is 10. The second-order valence-corrected chi connectivity index (χ2v) is 8.13. The molecule has 1 unspecified atom stereocenters. The zero-order chi connectivity index (χ0) is 24.8. The molecule has 1 aromatic heterocycles. The molecule has 0 aliphatic carbocycles. The summed E-state index contributed by atoms with van der Waals surface area (Å²) in [6.45, 7) is 0.148. The highest BCUT2D eigenvalue weighted by molar-refractivity contribution is 6.30. The molecule has 3 N–H and O–H groups in total. The van der Waals surface area contributed by atoms with Gasteiger partial charge in [0, 0.05) is 23.5 Å². The lowest BCUT2D eigenvalue weighted by atomic mass is 10.2.